The summed E-state index contributed by atoms with van der Waals surface area (Å²) < 4.78 is 4.35. The van der Waals surface area contributed by atoms with Gasteiger partial charge in [-0.25, -0.2) is 4.85 Å². The van der Waals surface area contributed by atoms with Crippen molar-refractivity contribution in [1.29, 1.82) is 5.26 Å². The van der Waals surface area contributed by atoms with Gasteiger partial charge in [0.25, 0.3) is 5.70 Å². The molecule has 0 unspecified atom stereocenters. The van der Waals surface area contributed by atoms with Gasteiger partial charge in [-0.2, -0.15) is 5.26 Å². The number of methoxy groups -OCH3 is 1. The molecule has 0 radical (unpaired) electrons. The summed E-state index contributed by atoms with van der Waals surface area (Å²) in [5.41, 5.74) is -0.139. The highest BCUT2D eigenvalue weighted by molar-refractivity contribution is 5.90. The van der Waals surface area contributed by atoms with Crippen LogP contribution in [0.5, 0.6) is 0 Å². The van der Waals surface area contributed by atoms with E-state index in [0.717, 1.165) is 0 Å². The lowest BCUT2D eigenvalue weighted by molar-refractivity contribution is -0.135. The van der Waals surface area contributed by atoms with E-state index in [1.807, 2.05) is 6.07 Å². The molecule has 0 aliphatic heterocycles. The first-order valence-corrected chi connectivity index (χ1v) is 3.40. The number of carbonyl (C=O) groups excluding carboxylic acids is 1. The summed E-state index contributed by atoms with van der Waals surface area (Å²) in [5, 5.41) is 8.30. The third-order valence-corrected chi connectivity index (χ3v) is 1.18. The van der Waals surface area contributed by atoms with Crippen LogP contribution >= 0.6 is 0 Å². The lowest BCUT2D eigenvalue weighted by atomic mass is 10.4. The van der Waals surface area contributed by atoms with Crippen LogP contribution in [0.4, 0.5) is 0 Å². The number of ether oxygens (including phenoxy) is 1. The number of esters is 1. The van der Waals surface area contributed by atoms with Crippen LogP contribution < -0.4 is 0 Å². The summed E-state index contributed by atoms with van der Waals surface area (Å²) in [4.78, 5) is 15.3. The fraction of sp³-hybridized carbons (Fsp3) is 0.375. The largest absolute Gasteiger partial charge is 0.474 e. The fourth-order valence-electron chi connectivity index (χ4n) is 0.598. The number of carbonyl (C=O) groups is 1. The van der Waals surface area contributed by atoms with Gasteiger partial charge in [0.05, 0.1) is 19.8 Å². The van der Waals surface area contributed by atoms with E-state index in [2.05, 4.69) is 9.58 Å². The summed E-state index contributed by atoms with van der Waals surface area (Å²) in [6, 6.07) is 1.88. The molecule has 0 heterocycles. The zero-order chi connectivity index (χ0) is 10.3. The highest BCUT2D eigenvalue weighted by Crippen LogP contribution is 2.00. The molecular weight excluding hydrogens is 170 g/mol. The van der Waals surface area contributed by atoms with Crippen LogP contribution in [0.2, 0.25) is 0 Å². The first-order valence-electron chi connectivity index (χ1n) is 3.40. The van der Waals surface area contributed by atoms with E-state index in [0.29, 0.717) is 0 Å². The summed E-state index contributed by atoms with van der Waals surface area (Å²) in [6.07, 6.45) is 1.28. The Labute approximate surface area is 76.6 Å². The third kappa shape index (κ3) is 3.78. The van der Waals surface area contributed by atoms with Gasteiger partial charge in [0, 0.05) is 13.2 Å². The molecule has 0 rings (SSSR count). The van der Waals surface area contributed by atoms with Crippen LogP contribution in [0.3, 0.4) is 0 Å². The minimum Gasteiger partial charge on any atom is -0.474 e. The molecule has 0 saturated carbocycles. The maximum atomic E-state index is 10.9. The fourth-order valence-corrected chi connectivity index (χ4v) is 0.598. The molecule has 0 spiro atoms. The van der Waals surface area contributed by atoms with Crippen molar-refractivity contribution in [3.8, 4) is 6.07 Å². The van der Waals surface area contributed by atoms with E-state index in [4.69, 9.17) is 11.8 Å². The van der Waals surface area contributed by atoms with Gasteiger partial charge < -0.3 is 9.64 Å². The molecule has 0 saturated heterocycles. The maximum Gasteiger partial charge on any atom is 0.337 e. The molecule has 0 fully saturated rings. The van der Waals surface area contributed by atoms with Crippen molar-refractivity contribution < 1.29 is 9.53 Å². The van der Waals surface area contributed by atoms with E-state index in [1.165, 1.54) is 18.2 Å². The Kier molecular flexibility index (Phi) is 4.75. The van der Waals surface area contributed by atoms with Gasteiger partial charge in [0.2, 0.25) is 0 Å². The molecule has 5 nitrogen and oxygen atoms in total. The molecule has 0 amide bonds. The molecule has 0 N–H and O–H groups in total. The van der Waals surface area contributed by atoms with Gasteiger partial charge in [0.15, 0.2) is 0 Å². The average molecular weight is 179 g/mol. The number of hydrogen-bond donors (Lipinski definition) is 0. The lowest BCUT2D eigenvalue weighted by Gasteiger charge is -2.08. The summed E-state index contributed by atoms with van der Waals surface area (Å²) in [6.45, 7) is 6.79. The standard InChI is InChI=1S/C8H9N3O2/c1-10-7(8(12)13-3)6-11(2)5-4-9/h6H,5H2,2-3H3/b7-6-. The molecule has 0 bridgehead atoms. The van der Waals surface area contributed by atoms with Gasteiger partial charge in [0.1, 0.15) is 6.54 Å². The zero-order valence-corrected chi connectivity index (χ0v) is 7.44. The van der Waals surface area contributed by atoms with Crippen LogP contribution in [0.25, 0.3) is 4.85 Å². The maximum absolute atomic E-state index is 10.9. The first kappa shape index (κ1) is 11.0. The van der Waals surface area contributed by atoms with Gasteiger partial charge in [-0.3, -0.25) is 4.79 Å². The van der Waals surface area contributed by atoms with Gasteiger partial charge in [-0.05, 0) is 0 Å². The van der Waals surface area contributed by atoms with Crippen molar-refractivity contribution in [2.24, 2.45) is 0 Å². The molecule has 0 atom stereocenters. The van der Waals surface area contributed by atoms with Crippen molar-refractivity contribution in [2.45, 2.75) is 0 Å². The molecule has 0 aromatic heterocycles. The predicted molar refractivity (Wildman–Crippen MR) is 44.9 cm³/mol. The Hall–Kier alpha value is -2.01. The molecule has 0 aromatic rings. The Morgan fingerprint density at radius 3 is 2.85 bits per heavy atom. The minimum atomic E-state index is -0.695. The van der Waals surface area contributed by atoms with Crippen molar-refractivity contribution in [2.75, 3.05) is 20.7 Å². The van der Waals surface area contributed by atoms with Crippen LogP contribution in [-0.4, -0.2) is 31.6 Å². The van der Waals surface area contributed by atoms with E-state index in [1.54, 1.807) is 7.05 Å². The number of rotatable bonds is 3. The van der Waals surface area contributed by atoms with Crippen molar-refractivity contribution >= 4 is 5.97 Å². The normalized spacial score (nSPS) is 9.69. The Morgan fingerprint density at radius 2 is 2.46 bits per heavy atom. The summed E-state index contributed by atoms with van der Waals surface area (Å²) >= 11 is 0. The van der Waals surface area contributed by atoms with E-state index in [-0.39, 0.29) is 12.2 Å². The Morgan fingerprint density at radius 1 is 1.85 bits per heavy atom. The van der Waals surface area contributed by atoms with Gasteiger partial charge >= 0.3 is 5.97 Å². The van der Waals surface area contributed by atoms with Crippen molar-refractivity contribution in [3.63, 3.8) is 0 Å². The second-order valence-corrected chi connectivity index (χ2v) is 2.19. The highest BCUT2D eigenvalue weighted by atomic mass is 16.5. The van der Waals surface area contributed by atoms with Crippen molar-refractivity contribution in [1.82, 2.24) is 4.90 Å². The molecule has 5 heteroatoms. The Bertz CT molecular complexity index is 295. The van der Waals surface area contributed by atoms with Gasteiger partial charge in [-0.1, -0.05) is 0 Å². The first-order chi connectivity index (χ1) is 6.15. The Balaban J connectivity index is 4.51. The smallest absolute Gasteiger partial charge is 0.337 e. The van der Waals surface area contributed by atoms with Crippen molar-refractivity contribution in [3.05, 3.63) is 23.3 Å². The zero-order valence-electron chi connectivity index (χ0n) is 7.44. The molecule has 13 heavy (non-hydrogen) atoms. The second kappa shape index (κ2) is 5.62. The topological polar surface area (TPSA) is 57.7 Å². The quantitative estimate of drug-likeness (QED) is 0.272. The van der Waals surface area contributed by atoms with Gasteiger partial charge in [-0.15, -0.1) is 0 Å². The molecule has 0 aliphatic rings. The number of nitriles is 1. The molecule has 0 aliphatic carbocycles. The number of nitrogens with zero attached hydrogens (tertiary/aromatic N) is 3. The van der Waals surface area contributed by atoms with E-state index >= 15 is 0 Å². The van der Waals surface area contributed by atoms with Crippen LogP contribution in [0.15, 0.2) is 11.9 Å². The highest BCUT2D eigenvalue weighted by Gasteiger charge is 2.09. The second-order valence-electron chi connectivity index (χ2n) is 2.19. The molecular formula is C8H9N3O2. The number of hydrogen-bond acceptors (Lipinski definition) is 4. The molecule has 68 valence electrons. The lowest BCUT2D eigenvalue weighted by Crippen LogP contribution is -2.13. The minimum absolute atomic E-state index is 0.121. The van der Waals surface area contributed by atoms with E-state index in [9.17, 15) is 4.79 Å². The summed E-state index contributed by atoms with van der Waals surface area (Å²) in [7, 11) is 2.79. The van der Waals surface area contributed by atoms with Crippen LogP contribution in [-0.2, 0) is 9.53 Å². The summed E-state index contributed by atoms with van der Waals surface area (Å²) in [5.74, 6) is -0.695. The third-order valence-electron chi connectivity index (χ3n) is 1.18. The molecule has 0 aromatic carbocycles. The SMILES string of the molecule is [C-]#[N+]/C(=C\N(C)CC#N)C(=O)OC. The van der Waals surface area contributed by atoms with Crippen LogP contribution in [0, 0.1) is 17.9 Å². The van der Waals surface area contributed by atoms with Crippen LogP contribution in [0.1, 0.15) is 0 Å². The average Bonchev–Trinajstić information content (AvgIpc) is 2.13. The monoisotopic (exact) mass is 179 g/mol. The predicted octanol–water partition coefficient (Wildman–Crippen LogP) is 0.375. The van der Waals surface area contributed by atoms with E-state index < -0.39 is 5.97 Å².